The van der Waals surface area contributed by atoms with Crippen LogP contribution in [0.2, 0.25) is 0 Å². The quantitative estimate of drug-likeness (QED) is 0.617. The van der Waals surface area contributed by atoms with Crippen molar-refractivity contribution in [3.05, 3.63) is 22.8 Å². The number of nitrogens with two attached hydrogens (primary N) is 1. The molecule has 0 aliphatic carbocycles. The summed E-state index contributed by atoms with van der Waals surface area (Å²) >= 11 is 0. The van der Waals surface area contributed by atoms with E-state index in [0.717, 1.165) is 36.3 Å². The van der Waals surface area contributed by atoms with Crippen molar-refractivity contribution in [1.82, 2.24) is 0 Å². The number of aryl methyl sites for hydroxylation is 2. The van der Waals surface area contributed by atoms with Crippen LogP contribution in [0.1, 0.15) is 51.3 Å². The molecule has 0 aliphatic heterocycles. The molecule has 0 spiro atoms. The first-order valence-corrected chi connectivity index (χ1v) is 6.50. The average Bonchev–Trinajstić information content (AvgIpc) is 2.29. The van der Waals surface area contributed by atoms with Gasteiger partial charge in [-0.2, -0.15) is 0 Å². The summed E-state index contributed by atoms with van der Waals surface area (Å²) < 4.78 is 0. The maximum absolute atomic E-state index is 6.24. The number of benzene rings is 1. The number of hydrogen-bond acceptors (Lipinski definition) is 2. The number of anilines is 1. The SMILES string of the molecule is CCc1cc(CC)c(N=C(C)C)c(CC)c1N. The first kappa shape index (κ1) is 13.8. The first-order valence-electron chi connectivity index (χ1n) is 6.50. The fourth-order valence-corrected chi connectivity index (χ4v) is 2.15. The van der Waals surface area contributed by atoms with Gasteiger partial charge in [-0.25, -0.2) is 0 Å². The fraction of sp³-hybridized carbons (Fsp3) is 0.533. The number of aliphatic imine (C=N–C) groups is 1. The van der Waals surface area contributed by atoms with Crippen molar-refractivity contribution in [3.63, 3.8) is 0 Å². The van der Waals surface area contributed by atoms with Gasteiger partial charge in [0.2, 0.25) is 0 Å². The molecule has 0 unspecified atom stereocenters. The van der Waals surface area contributed by atoms with Gasteiger partial charge >= 0.3 is 0 Å². The van der Waals surface area contributed by atoms with Gasteiger partial charge in [-0.15, -0.1) is 0 Å². The summed E-state index contributed by atoms with van der Waals surface area (Å²) in [6.07, 6.45) is 2.94. The van der Waals surface area contributed by atoms with E-state index >= 15 is 0 Å². The van der Waals surface area contributed by atoms with Gasteiger partial charge in [0.15, 0.2) is 0 Å². The Morgan fingerprint density at radius 1 is 1.06 bits per heavy atom. The van der Waals surface area contributed by atoms with Crippen molar-refractivity contribution in [2.75, 3.05) is 5.73 Å². The summed E-state index contributed by atoms with van der Waals surface area (Å²) in [6, 6.07) is 2.22. The van der Waals surface area contributed by atoms with Gasteiger partial charge in [0.05, 0.1) is 5.69 Å². The Kier molecular flexibility index (Phi) is 4.73. The molecule has 0 aliphatic rings. The van der Waals surface area contributed by atoms with Gasteiger partial charge in [0.1, 0.15) is 0 Å². The minimum Gasteiger partial charge on any atom is -0.398 e. The molecule has 1 rings (SSSR count). The standard InChI is InChI=1S/C15H24N2/c1-6-11-9-12(7-2)15(17-10(4)5)13(8-3)14(11)16/h9H,6-8,16H2,1-5H3. The van der Waals surface area contributed by atoms with Crippen molar-refractivity contribution >= 4 is 17.1 Å². The van der Waals surface area contributed by atoms with Gasteiger partial charge < -0.3 is 5.73 Å². The van der Waals surface area contributed by atoms with Gasteiger partial charge in [-0.1, -0.05) is 26.8 Å². The third-order valence-electron chi connectivity index (χ3n) is 3.06. The second kappa shape index (κ2) is 5.85. The van der Waals surface area contributed by atoms with E-state index in [0.29, 0.717) is 0 Å². The van der Waals surface area contributed by atoms with Crippen LogP contribution in [0.25, 0.3) is 0 Å². The average molecular weight is 232 g/mol. The van der Waals surface area contributed by atoms with E-state index in [-0.39, 0.29) is 0 Å². The van der Waals surface area contributed by atoms with Crippen LogP contribution in [0, 0.1) is 0 Å². The molecule has 0 amide bonds. The van der Waals surface area contributed by atoms with Crippen molar-refractivity contribution in [2.45, 2.75) is 53.9 Å². The van der Waals surface area contributed by atoms with Gasteiger partial charge in [0.25, 0.3) is 0 Å². The highest BCUT2D eigenvalue weighted by atomic mass is 14.8. The fourth-order valence-electron chi connectivity index (χ4n) is 2.15. The highest BCUT2D eigenvalue weighted by molar-refractivity contribution is 5.84. The smallest absolute Gasteiger partial charge is 0.0713 e. The Hall–Kier alpha value is -1.31. The normalized spacial score (nSPS) is 10.4. The molecular formula is C15H24N2. The first-order chi connectivity index (χ1) is 8.04. The summed E-state index contributed by atoms with van der Waals surface area (Å²) in [5.74, 6) is 0. The molecule has 0 bridgehead atoms. The largest absolute Gasteiger partial charge is 0.398 e. The summed E-state index contributed by atoms with van der Waals surface area (Å²) in [5.41, 5.74) is 13.1. The van der Waals surface area contributed by atoms with Crippen LogP contribution < -0.4 is 5.73 Å². The van der Waals surface area contributed by atoms with E-state index in [4.69, 9.17) is 5.73 Å². The molecule has 1 aromatic carbocycles. The molecule has 2 nitrogen and oxygen atoms in total. The van der Waals surface area contributed by atoms with Crippen molar-refractivity contribution in [2.24, 2.45) is 4.99 Å². The van der Waals surface area contributed by atoms with Crippen molar-refractivity contribution in [3.8, 4) is 0 Å². The molecule has 2 N–H and O–H groups in total. The maximum atomic E-state index is 6.24. The lowest BCUT2D eigenvalue weighted by Gasteiger charge is -2.16. The number of hydrogen-bond donors (Lipinski definition) is 1. The van der Waals surface area contributed by atoms with Crippen LogP contribution in [0.15, 0.2) is 11.1 Å². The van der Waals surface area contributed by atoms with E-state index < -0.39 is 0 Å². The molecule has 0 atom stereocenters. The number of nitrogen functional groups attached to an aromatic ring is 1. The van der Waals surface area contributed by atoms with Crippen LogP contribution in [-0.2, 0) is 19.3 Å². The van der Waals surface area contributed by atoms with Crippen LogP contribution in [-0.4, -0.2) is 5.71 Å². The molecule has 0 saturated carbocycles. The monoisotopic (exact) mass is 232 g/mol. The Balaban J connectivity index is 3.54. The third kappa shape index (κ3) is 2.87. The maximum Gasteiger partial charge on any atom is 0.0713 e. The molecule has 1 aromatic rings. The van der Waals surface area contributed by atoms with E-state index in [1.54, 1.807) is 0 Å². The minimum absolute atomic E-state index is 0.937. The Labute approximate surface area is 105 Å². The Bertz CT molecular complexity index is 427. The van der Waals surface area contributed by atoms with Gasteiger partial charge in [-0.3, -0.25) is 4.99 Å². The molecule has 0 saturated heterocycles. The van der Waals surface area contributed by atoms with E-state index in [9.17, 15) is 0 Å². The van der Waals surface area contributed by atoms with Crippen molar-refractivity contribution in [1.29, 1.82) is 0 Å². The highest BCUT2D eigenvalue weighted by Crippen LogP contribution is 2.34. The molecule has 94 valence electrons. The van der Waals surface area contributed by atoms with Crippen LogP contribution in [0.4, 0.5) is 11.4 Å². The summed E-state index contributed by atoms with van der Waals surface area (Å²) in [5, 5.41) is 0. The second-order valence-corrected chi connectivity index (χ2v) is 4.56. The van der Waals surface area contributed by atoms with E-state index in [2.05, 4.69) is 31.8 Å². The molecular weight excluding hydrogens is 208 g/mol. The van der Waals surface area contributed by atoms with Gasteiger partial charge in [-0.05, 0) is 44.2 Å². The molecule has 17 heavy (non-hydrogen) atoms. The zero-order chi connectivity index (χ0) is 13.0. The lowest BCUT2D eigenvalue weighted by Crippen LogP contribution is -2.02. The molecule has 0 radical (unpaired) electrons. The van der Waals surface area contributed by atoms with Gasteiger partial charge in [0, 0.05) is 17.0 Å². The summed E-state index contributed by atoms with van der Waals surface area (Å²) in [7, 11) is 0. The molecule has 0 heterocycles. The topological polar surface area (TPSA) is 38.4 Å². The van der Waals surface area contributed by atoms with Crippen LogP contribution in [0.3, 0.4) is 0 Å². The lowest BCUT2D eigenvalue weighted by molar-refractivity contribution is 1.04. The second-order valence-electron chi connectivity index (χ2n) is 4.56. The number of rotatable bonds is 4. The Morgan fingerprint density at radius 3 is 2.06 bits per heavy atom. The molecule has 2 heteroatoms. The van der Waals surface area contributed by atoms with Crippen molar-refractivity contribution < 1.29 is 0 Å². The summed E-state index contributed by atoms with van der Waals surface area (Å²) in [6.45, 7) is 10.5. The third-order valence-corrected chi connectivity index (χ3v) is 3.06. The molecule has 0 aromatic heterocycles. The van der Waals surface area contributed by atoms with E-state index in [1.807, 2.05) is 13.8 Å². The Morgan fingerprint density at radius 2 is 1.65 bits per heavy atom. The zero-order valence-electron chi connectivity index (χ0n) is 11.7. The predicted molar refractivity (Wildman–Crippen MR) is 77.4 cm³/mol. The number of nitrogens with zero attached hydrogens (tertiary/aromatic N) is 1. The predicted octanol–water partition coefficient (Wildman–Crippen LogP) is 4.07. The minimum atomic E-state index is 0.937. The van der Waals surface area contributed by atoms with E-state index in [1.165, 1.54) is 16.7 Å². The van der Waals surface area contributed by atoms with Crippen LogP contribution in [0.5, 0.6) is 0 Å². The van der Waals surface area contributed by atoms with Crippen LogP contribution >= 0.6 is 0 Å². The lowest BCUT2D eigenvalue weighted by atomic mass is 9.95. The highest BCUT2D eigenvalue weighted by Gasteiger charge is 2.12. The molecule has 0 fully saturated rings. The summed E-state index contributed by atoms with van der Waals surface area (Å²) in [4.78, 5) is 4.67. The zero-order valence-corrected chi connectivity index (χ0v) is 11.7.